The van der Waals surface area contributed by atoms with E-state index in [0.717, 1.165) is 0 Å². The van der Waals surface area contributed by atoms with Gasteiger partial charge in [-0.15, -0.1) is 0 Å². The number of amides is 1. The second kappa shape index (κ2) is 8.96. The molecule has 12 heteroatoms. The molecule has 0 bridgehead atoms. The Kier molecular flexibility index (Phi) is 7.88. The average Bonchev–Trinajstić information content (AvgIpc) is 2.56. The molecule has 24 heavy (non-hydrogen) atoms. The van der Waals surface area contributed by atoms with Gasteiger partial charge in [0.05, 0.1) is 13.2 Å². The van der Waals surface area contributed by atoms with Crippen LogP contribution in [0, 0.1) is 0 Å². The Bertz CT molecular complexity index is 408. The van der Waals surface area contributed by atoms with E-state index in [-0.39, 0.29) is 0 Å². The largest absolute Gasteiger partial charge is 0.394 e. The van der Waals surface area contributed by atoms with Gasteiger partial charge in [-0.05, 0) is 0 Å². The van der Waals surface area contributed by atoms with E-state index in [9.17, 15) is 40.5 Å². The third-order valence-electron chi connectivity index (χ3n) is 3.64. The molecular weight excluding hydrogens is 334 g/mol. The molecule has 10 N–H and O–H groups in total. The van der Waals surface area contributed by atoms with Gasteiger partial charge in [-0.25, -0.2) is 0 Å². The second-order valence-corrected chi connectivity index (χ2v) is 5.43. The van der Waals surface area contributed by atoms with Crippen molar-refractivity contribution in [3.05, 3.63) is 0 Å². The fraction of sp³-hybridized carbons (Fsp3) is 0.917. The molecule has 0 aromatic carbocycles. The average molecular weight is 357 g/mol. The van der Waals surface area contributed by atoms with E-state index in [1.807, 2.05) is 0 Å². The summed E-state index contributed by atoms with van der Waals surface area (Å²) in [5.41, 5.74) is 4.74. The Balaban J connectivity index is 2.59. The van der Waals surface area contributed by atoms with Crippen LogP contribution >= 0.6 is 0 Å². The summed E-state index contributed by atoms with van der Waals surface area (Å²) >= 11 is 0. The highest BCUT2D eigenvalue weighted by atomic mass is 16.7. The summed E-state index contributed by atoms with van der Waals surface area (Å²) in [4.78, 5) is 10.7. The number of carbonyl (C=O) groups is 1. The van der Waals surface area contributed by atoms with Crippen LogP contribution in [0.15, 0.2) is 0 Å². The molecule has 9 atom stereocenters. The minimum atomic E-state index is -2.12. The van der Waals surface area contributed by atoms with Crippen molar-refractivity contribution in [3.63, 3.8) is 0 Å². The minimum absolute atomic E-state index is 0.681. The predicted octanol–water partition coefficient (Wildman–Crippen LogP) is -6.27. The molecule has 1 rings (SSSR count). The van der Waals surface area contributed by atoms with Gasteiger partial charge in [0.15, 0.2) is 12.4 Å². The van der Waals surface area contributed by atoms with Crippen LogP contribution in [0.5, 0.6) is 0 Å². The normalized spacial score (nSPS) is 35.9. The number of carbonyl (C=O) groups excluding carboxylic acids is 1. The van der Waals surface area contributed by atoms with Gasteiger partial charge in [-0.1, -0.05) is 0 Å². The molecule has 12 nitrogen and oxygen atoms in total. The zero-order valence-corrected chi connectivity index (χ0v) is 12.5. The molecule has 1 heterocycles. The molecule has 0 aromatic rings. The lowest BCUT2D eigenvalue weighted by molar-refractivity contribution is -0.306. The zero-order valence-electron chi connectivity index (χ0n) is 12.5. The Morgan fingerprint density at radius 3 is 2.12 bits per heavy atom. The summed E-state index contributed by atoms with van der Waals surface area (Å²) in [7, 11) is 0. The molecule has 1 fully saturated rings. The molecule has 1 aliphatic heterocycles. The van der Waals surface area contributed by atoms with Gasteiger partial charge in [-0.3, -0.25) is 4.79 Å². The van der Waals surface area contributed by atoms with Gasteiger partial charge < -0.3 is 56.1 Å². The van der Waals surface area contributed by atoms with Crippen molar-refractivity contribution >= 4 is 5.91 Å². The number of aliphatic hydroxyl groups is 8. The van der Waals surface area contributed by atoms with E-state index >= 15 is 0 Å². The van der Waals surface area contributed by atoms with E-state index in [1.165, 1.54) is 0 Å². The molecule has 142 valence electrons. The molecule has 1 aliphatic rings. The van der Waals surface area contributed by atoms with Crippen LogP contribution in [0.4, 0.5) is 0 Å². The highest BCUT2D eigenvalue weighted by Crippen LogP contribution is 2.22. The maximum absolute atomic E-state index is 10.7. The Morgan fingerprint density at radius 1 is 1.04 bits per heavy atom. The SMILES string of the molecule is NC(=O)[C@H](O)[C@@H](O)[C@H](O)[C@H](O)CO[C@H]1O[C@H](CO)[C@H](O)[C@H](O)[C@H]1O. The van der Waals surface area contributed by atoms with Crippen LogP contribution < -0.4 is 5.73 Å². The quantitative estimate of drug-likeness (QED) is 0.198. The van der Waals surface area contributed by atoms with Gasteiger partial charge in [-0.2, -0.15) is 0 Å². The van der Waals surface area contributed by atoms with Crippen LogP contribution in [-0.2, 0) is 14.3 Å². The van der Waals surface area contributed by atoms with E-state index in [4.69, 9.17) is 20.3 Å². The summed E-state index contributed by atoms with van der Waals surface area (Å²) in [6.45, 7) is -1.42. The molecule has 1 saturated heterocycles. The lowest BCUT2D eigenvalue weighted by Gasteiger charge is -2.40. The smallest absolute Gasteiger partial charge is 0.249 e. The molecular formula is C12H23NO11. The molecule has 0 spiro atoms. The molecule has 0 saturated carbocycles. The maximum Gasteiger partial charge on any atom is 0.249 e. The van der Waals surface area contributed by atoms with Crippen LogP contribution in [0.1, 0.15) is 0 Å². The van der Waals surface area contributed by atoms with E-state index < -0.39 is 74.2 Å². The highest BCUT2D eigenvalue weighted by Gasteiger charge is 2.44. The minimum Gasteiger partial charge on any atom is -0.394 e. The van der Waals surface area contributed by atoms with Crippen molar-refractivity contribution in [1.29, 1.82) is 0 Å². The Morgan fingerprint density at radius 2 is 1.62 bits per heavy atom. The predicted molar refractivity (Wildman–Crippen MR) is 72.9 cm³/mol. The molecule has 1 amide bonds. The number of nitrogens with two attached hydrogens (primary N) is 1. The summed E-state index contributed by atoms with van der Waals surface area (Å²) < 4.78 is 9.94. The van der Waals surface area contributed by atoms with Crippen LogP contribution in [0.2, 0.25) is 0 Å². The first-order valence-corrected chi connectivity index (χ1v) is 7.05. The summed E-state index contributed by atoms with van der Waals surface area (Å²) in [6, 6.07) is 0. The van der Waals surface area contributed by atoms with Gasteiger partial charge >= 0.3 is 0 Å². The Labute approximate surface area is 136 Å². The Hall–Kier alpha value is -0.930. The highest BCUT2D eigenvalue weighted by molar-refractivity contribution is 5.79. The fourth-order valence-electron chi connectivity index (χ4n) is 2.08. The van der Waals surface area contributed by atoms with E-state index in [0.29, 0.717) is 0 Å². The van der Waals surface area contributed by atoms with Crippen molar-refractivity contribution in [2.24, 2.45) is 5.73 Å². The monoisotopic (exact) mass is 357 g/mol. The van der Waals surface area contributed by atoms with Crippen molar-refractivity contribution in [2.75, 3.05) is 13.2 Å². The zero-order chi connectivity index (χ0) is 18.6. The van der Waals surface area contributed by atoms with Crippen LogP contribution in [0.3, 0.4) is 0 Å². The number of hydrogen-bond acceptors (Lipinski definition) is 11. The van der Waals surface area contributed by atoms with E-state index in [1.54, 1.807) is 0 Å². The first-order valence-electron chi connectivity index (χ1n) is 7.05. The summed E-state index contributed by atoms with van der Waals surface area (Å²) in [5.74, 6) is -1.32. The first kappa shape index (κ1) is 21.1. The fourth-order valence-corrected chi connectivity index (χ4v) is 2.08. The third-order valence-corrected chi connectivity index (χ3v) is 3.64. The molecule has 0 aromatic heterocycles. The van der Waals surface area contributed by atoms with Crippen molar-refractivity contribution in [2.45, 2.75) is 55.1 Å². The van der Waals surface area contributed by atoms with Crippen molar-refractivity contribution in [1.82, 2.24) is 0 Å². The number of ether oxygens (including phenoxy) is 2. The lowest BCUT2D eigenvalue weighted by atomic mass is 9.99. The first-order chi connectivity index (χ1) is 11.1. The second-order valence-electron chi connectivity index (χ2n) is 5.43. The van der Waals surface area contributed by atoms with Crippen molar-refractivity contribution < 1.29 is 55.1 Å². The number of hydrogen-bond donors (Lipinski definition) is 9. The number of rotatable bonds is 8. The van der Waals surface area contributed by atoms with Gasteiger partial charge in [0.2, 0.25) is 5.91 Å². The van der Waals surface area contributed by atoms with Gasteiger partial charge in [0, 0.05) is 0 Å². The molecule has 0 unspecified atom stereocenters. The molecule has 0 radical (unpaired) electrons. The number of primary amides is 1. The standard InChI is InChI=1S/C12H23NO11/c13-11(22)9(20)7(18)5(16)3(15)2-23-12-10(21)8(19)6(17)4(1-14)24-12/h3-10,12,14-21H,1-2H2,(H2,13,22)/t3-,4-,5-,6+,7+,8+,9-,10-,12+/m1/s1. The summed E-state index contributed by atoms with van der Waals surface area (Å²) in [5, 5.41) is 75.8. The summed E-state index contributed by atoms with van der Waals surface area (Å²) in [6.07, 6.45) is -15.8. The van der Waals surface area contributed by atoms with E-state index in [2.05, 4.69) is 0 Å². The van der Waals surface area contributed by atoms with Gasteiger partial charge in [0.25, 0.3) is 0 Å². The van der Waals surface area contributed by atoms with Crippen molar-refractivity contribution in [3.8, 4) is 0 Å². The lowest BCUT2D eigenvalue weighted by Crippen LogP contribution is -2.59. The van der Waals surface area contributed by atoms with Crippen LogP contribution in [-0.4, -0.2) is 115 Å². The third kappa shape index (κ3) is 4.80. The maximum atomic E-state index is 10.7. The van der Waals surface area contributed by atoms with Crippen LogP contribution in [0.25, 0.3) is 0 Å². The molecule has 0 aliphatic carbocycles. The number of aliphatic hydroxyl groups excluding tert-OH is 8. The van der Waals surface area contributed by atoms with Gasteiger partial charge in [0.1, 0.15) is 42.7 Å². The topological polar surface area (TPSA) is 223 Å².